The molecule has 0 radical (unpaired) electrons. The molecule has 1 aromatic heterocycles. The highest BCUT2D eigenvalue weighted by atomic mass is 35.5. The quantitative estimate of drug-likeness (QED) is 0.682. The van der Waals surface area contributed by atoms with E-state index in [0.29, 0.717) is 17.1 Å². The third-order valence-corrected chi connectivity index (χ3v) is 3.33. The molecule has 7 heteroatoms. The van der Waals surface area contributed by atoms with Crippen molar-refractivity contribution in [3.63, 3.8) is 0 Å². The lowest BCUT2D eigenvalue weighted by atomic mass is 10.1. The third-order valence-electron chi connectivity index (χ3n) is 3.10. The topological polar surface area (TPSA) is 79.2 Å². The zero-order chi connectivity index (χ0) is 15.8. The fourth-order valence-corrected chi connectivity index (χ4v) is 2.16. The van der Waals surface area contributed by atoms with Gasteiger partial charge in [-0.2, -0.15) is 5.10 Å². The van der Waals surface area contributed by atoms with Crippen LogP contribution in [0.4, 0.5) is 4.79 Å². The highest BCUT2D eigenvalue weighted by Crippen LogP contribution is 2.16. The molecule has 2 rings (SSSR count). The number of hydrogen-bond acceptors (Lipinski definition) is 3. The van der Waals surface area contributed by atoms with Crippen molar-refractivity contribution in [1.82, 2.24) is 20.4 Å². The van der Waals surface area contributed by atoms with Gasteiger partial charge in [-0.05, 0) is 30.2 Å². The SMILES string of the molecule is O=C(NCCCn1cccn1)NC[C@@H](O)c1cccc(Cl)c1. The molecule has 1 aromatic carbocycles. The number of aryl methyl sites for hydroxylation is 1. The molecule has 6 nitrogen and oxygen atoms in total. The van der Waals surface area contributed by atoms with E-state index in [1.807, 2.05) is 16.9 Å². The number of halogens is 1. The van der Waals surface area contributed by atoms with E-state index in [-0.39, 0.29) is 12.6 Å². The van der Waals surface area contributed by atoms with Crippen LogP contribution in [0.1, 0.15) is 18.1 Å². The van der Waals surface area contributed by atoms with Gasteiger partial charge in [-0.15, -0.1) is 0 Å². The molecule has 0 aliphatic carbocycles. The minimum absolute atomic E-state index is 0.130. The zero-order valence-corrected chi connectivity index (χ0v) is 12.8. The second-order valence-corrected chi connectivity index (χ2v) is 5.27. The van der Waals surface area contributed by atoms with E-state index in [0.717, 1.165) is 13.0 Å². The number of rotatable bonds is 7. The molecule has 118 valence electrons. The maximum atomic E-state index is 11.6. The van der Waals surface area contributed by atoms with E-state index < -0.39 is 6.10 Å². The number of carbonyl (C=O) groups is 1. The number of benzene rings is 1. The van der Waals surface area contributed by atoms with Crippen LogP contribution in [0.15, 0.2) is 42.7 Å². The average Bonchev–Trinajstić information content (AvgIpc) is 3.02. The summed E-state index contributed by atoms with van der Waals surface area (Å²) in [6, 6.07) is 8.49. The van der Waals surface area contributed by atoms with Gasteiger partial charge < -0.3 is 15.7 Å². The van der Waals surface area contributed by atoms with Crippen molar-refractivity contribution >= 4 is 17.6 Å². The zero-order valence-electron chi connectivity index (χ0n) is 12.1. The number of amides is 2. The van der Waals surface area contributed by atoms with Crippen LogP contribution in [0.5, 0.6) is 0 Å². The predicted octanol–water partition coefficient (Wildman–Crippen LogP) is 1.96. The lowest BCUT2D eigenvalue weighted by Gasteiger charge is -2.13. The molecule has 2 amide bonds. The Morgan fingerprint density at radius 3 is 2.95 bits per heavy atom. The van der Waals surface area contributed by atoms with Gasteiger partial charge >= 0.3 is 6.03 Å². The van der Waals surface area contributed by atoms with Gasteiger partial charge in [0, 0.05) is 37.1 Å². The van der Waals surface area contributed by atoms with Gasteiger partial charge in [0.1, 0.15) is 0 Å². The van der Waals surface area contributed by atoms with Crippen LogP contribution in [0, 0.1) is 0 Å². The van der Waals surface area contributed by atoms with Crippen molar-refractivity contribution in [2.24, 2.45) is 0 Å². The van der Waals surface area contributed by atoms with Gasteiger partial charge in [0.05, 0.1) is 6.10 Å². The number of aliphatic hydroxyl groups excluding tert-OH is 1. The molecule has 0 aliphatic rings. The van der Waals surface area contributed by atoms with Crippen molar-refractivity contribution in [3.8, 4) is 0 Å². The molecule has 0 fully saturated rings. The summed E-state index contributed by atoms with van der Waals surface area (Å²) in [6.45, 7) is 1.42. The van der Waals surface area contributed by atoms with Crippen LogP contribution in [0.3, 0.4) is 0 Å². The second-order valence-electron chi connectivity index (χ2n) is 4.83. The summed E-state index contributed by atoms with van der Waals surface area (Å²) in [4.78, 5) is 11.6. The standard InChI is InChI=1S/C15H19ClN4O2/c16-13-5-1-4-12(10-13)14(21)11-18-15(22)17-6-2-8-20-9-3-7-19-20/h1,3-5,7,9-10,14,21H,2,6,8,11H2,(H2,17,18,22)/t14-/m1/s1. The van der Waals surface area contributed by atoms with E-state index in [1.165, 1.54) is 0 Å². The Bertz CT molecular complexity index is 589. The van der Waals surface area contributed by atoms with Crippen LogP contribution in [0.25, 0.3) is 0 Å². The number of carbonyl (C=O) groups excluding carboxylic acids is 1. The lowest BCUT2D eigenvalue weighted by Crippen LogP contribution is -2.38. The monoisotopic (exact) mass is 322 g/mol. The lowest BCUT2D eigenvalue weighted by molar-refractivity contribution is 0.173. The van der Waals surface area contributed by atoms with Crippen molar-refractivity contribution in [2.75, 3.05) is 13.1 Å². The molecule has 3 N–H and O–H groups in total. The highest BCUT2D eigenvalue weighted by Gasteiger charge is 2.09. The van der Waals surface area contributed by atoms with E-state index >= 15 is 0 Å². The average molecular weight is 323 g/mol. The van der Waals surface area contributed by atoms with Gasteiger partial charge in [-0.1, -0.05) is 23.7 Å². The number of aliphatic hydroxyl groups is 1. The molecule has 2 aromatic rings. The van der Waals surface area contributed by atoms with Gasteiger partial charge in [0.15, 0.2) is 0 Å². The molecule has 0 saturated heterocycles. The van der Waals surface area contributed by atoms with Crippen molar-refractivity contribution in [3.05, 3.63) is 53.3 Å². The first-order chi connectivity index (χ1) is 10.6. The number of hydrogen-bond donors (Lipinski definition) is 3. The normalized spacial score (nSPS) is 11.9. The first-order valence-electron chi connectivity index (χ1n) is 7.08. The summed E-state index contributed by atoms with van der Waals surface area (Å²) < 4.78 is 1.81. The summed E-state index contributed by atoms with van der Waals surface area (Å²) in [6.07, 6.45) is 3.60. The Morgan fingerprint density at radius 1 is 1.36 bits per heavy atom. The summed E-state index contributed by atoms with van der Waals surface area (Å²) in [5, 5.41) is 20.0. The van der Waals surface area contributed by atoms with Crippen LogP contribution < -0.4 is 10.6 Å². The van der Waals surface area contributed by atoms with Crippen molar-refractivity contribution in [2.45, 2.75) is 19.1 Å². The number of nitrogens with zero attached hydrogens (tertiary/aromatic N) is 2. The van der Waals surface area contributed by atoms with Gasteiger partial charge in [0.25, 0.3) is 0 Å². The fraction of sp³-hybridized carbons (Fsp3) is 0.333. The Labute approximate surface area is 134 Å². The molecule has 0 aliphatic heterocycles. The Hall–Kier alpha value is -2.05. The van der Waals surface area contributed by atoms with E-state index in [9.17, 15) is 9.90 Å². The molecule has 0 spiro atoms. The molecule has 1 atom stereocenters. The molecular formula is C15H19ClN4O2. The van der Waals surface area contributed by atoms with Gasteiger partial charge in [-0.3, -0.25) is 4.68 Å². The number of urea groups is 1. The summed E-state index contributed by atoms with van der Waals surface area (Å²) >= 11 is 5.86. The molecule has 0 saturated carbocycles. The second kappa shape index (κ2) is 8.41. The molecular weight excluding hydrogens is 304 g/mol. The minimum atomic E-state index is -0.784. The van der Waals surface area contributed by atoms with Crippen LogP contribution in [-0.2, 0) is 6.54 Å². The van der Waals surface area contributed by atoms with Gasteiger partial charge in [0.2, 0.25) is 0 Å². The van der Waals surface area contributed by atoms with Gasteiger partial charge in [-0.25, -0.2) is 4.79 Å². The molecule has 22 heavy (non-hydrogen) atoms. The fourth-order valence-electron chi connectivity index (χ4n) is 1.96. The summed E-state index contributed by atoms with van der Waals surface area (Å²) in [7, 11) is 0. The minimum Gasteiger partial charge on any atom is -0.387 e. The van der Waals surface area contributed by atoms with Crippen LogP contribution >= 0.6 is 11.6 Å². The van der Waals surface area contributed by atoms with Crippen molar-refractivity contribution in [1.29, 1.82) is 0 Å². The maximum absolute atomic E-state index is 11.6. The number of nitrogens with one attached hydrogen (secondary N) is 2. The number of aromatic nitrogens is 2. The van der Waals surface area contributed by atoms with E-state index in [2.05, 4.69) is 15.7 Å². The van der Waals surface area contributed by atoms with Crippen LogP contribution in [0.2, 0.25) is 5.02 Å². The third kappa shape index (κ3) is 5.38. The predicted molar refractivity (Wildman–Crippen MR) is 84.7 cm³/mol. The van der Waals surface area contributed by atoms with Crippen molar-refractivity contribution < 1.29 is 9.90 Å². The largest absolute Gasteiger partial charge is 0.387 e. The smallest absolute Gasteiger partial charge is 0.314 e. The Morgan fingerprint density at radius 2 is 2.23 bits per heavy atom. The molecule has 0 unspecified atom stereocenters. The maximum Gasteiger partial charge on any atom is 0.314 e. The highest BCUT2D eigenvalue weighted by molar-refractivity contribution is 6.30. The molecule has 0 bridgehead atoms. The van der Waals surface area contributed by atoms with Crippen LogP contribution in [-0.4, -0.2) is 34.0 Å². The summed E-state index contributed by atoms with van der Waals surface area (Å²) in [5.74, 6) is 0. The first-order valence-corrected chi connectivity index (χ1v) is 7.45. The Kier molecular flexibility index (Phi) is 6.24. The Balaban J connectivity index is 1.62. The van der Waals surface area contributed by atoms with E-state index in [4.69, 9.17) is 11.6 Å². The summed E-state index contributed by atoms with van der Waals surface area (Å²) in [5.41, 5.74) is 0.673. The first kappa shape index (κ1) is 16.3. The molecule has 1 heterocycles. The van der Waals surface area contributed by atoms with E-state index in [1.54, 1.807) is 30.5 Å².